The summed E-state index contributed by atoms with van der Waals surface area (Å²) in [6.07, 6.45) is 3.29. The van der Waals surface area contributed by atoms with Crippen molar-refractivity contribution in [3.8, 4) is 17.3 Å². The lowest BCUT2D eigenvalue weighted by molar-refractivity contribution is 1.11. The molecule has 5 nitrogen and oxygen atoms in total. The summed E-state index contributed by atoms with van der Waals surface area (Å²) in [5.41, 5.74) is 7.76. The minimum Gasteiger partial charge on any atom is -0.384 e. The van der Waals surface area contributed by atoms with Crippen molar-refractivity contribution in [1.82, 2.24) is 14.4 Å². The van der Waals surface area contributed by atoms with E-state index in [0.29, 0.717) is 22.9 Å². The Morgan fingerprint density at radius 3 is 2.72 bits per heavy atom. The van der Waals surface area contributed by atoms with Gasteiger partial charge in [0.1, 0.15) is 17.5 Å². The van der Waals surface area contributed by atoms with Crippen LogP contribution in [0.5, 0.6) is 0 Å². The van der Waals surface area contributed by atoms with Crippen LogP contribution in [0, 0.1) is 11.3 Å². The van der Waals surface area contributed by atoms with Gasteiger partial charge in [-0.25, -0.2) is 9.97 Å². The number of aromatic nitrogens is 3. The first-order chi connectivity index (χ1) is 8.81. The lowest BCUT2D eigenvalue weighted by Crippen LogP contribution is -2.04. The van der Waals surface area contributed by atoms with Crippen LogP contribution >= 0.6 is 0 Å². The van der Waals surface area contributed by atoms with E-state index in [1.807, 2.05) is 30.3 Å². The first-order valence-electron chi connectivity index (χ1n) is 5.39. The molecule has 0 aliphatic carbocycles. The number of nitrogen functional groups attached to an aromatic ring is 1. The number of imidazole rings is 1. The topological polar surface area (TPSA) is 80.0 Å². The molecule has 1 aromatic carbocycles. The van der Waals surface area contributed by atoms with Crippen molar-refractivity contribution in [2.24, 2.45) is 0 Å². The van der Waals surface area contributed by atoms with E-state index in [-0.39, 0.29) is 0 Å². The number of anilines is 1. The summed E-state index contributed by atoms with van der Waals surface area (Å²) in [7, 11) is 0. The minimum absolute atomic E-state index is 0.360. The molecule has 3 rings (SSSR count). The fourth-order valence-electron chi connectivity index (χ4n) is 1.88. The molecule has 18 heavy (non-hydrogen) atoms. The Balaban J connectivity index is 2.39. The van der Waals surface area contributed by atoms with Gasteiger partial charge in [0.25, 0.3) is 0 Å². The SMILES string of the molecule is N#Cc1c(-c2ccccc2)nc2nccn2c1N. The molecular weight excluding hydrogens is 226 g/mol. The Hall–Kier alpha value is -2.87. The van der Waals surface area contributed by atoms with Gasteiger partial charge in [-0.3, -0.25) is 4.40 Å². The normalized spacial score (nSPS) is 10.4. The maximum atomic E-state index is 9.25. The van der Waals surface area contributed by atoms with Crippen molar-refractivity contribution < 1.29 is 0 Å². The van der Waals surface area contributed by atoms with E-state index in [4.69, 9.17) is 5.73 Å². The Labute approximate surface area is 103 Å². The molecule has 0 aliphatic heterocycles. The van der Waals surface area contributed by atoms with E-state index >= 15 is 0 Å². The molecule has 0 bridgehead atoms. The Kier molecular flexibility index (Phi) is 2.21. The molecule has 0 radical (unpaired) electrons. The second-order valence-electron chi connectivity index (χ2n) is 3.80. The van der Waals surface area contributed by atoms with Gasteiger partial charge in [-0.05, 0) is 0 Å². The van der Waals surface area contributed by atoms with Crippen LogP contribution in [0.15, 0.2) is 42.7 Å². The van der Waals surface area contributed by atoms with Gasteiger partial charge in [0.15, 0.2) is 0 Å². The minimum atomic E-state index is 0.360. The first-order valence-corrected chi connectivity index (χ1v) is 5.39. The Morgan fingerprint density at radius 1 is 1.22 bits per heavy atom. The highest BCUT2D eigenvalue weighted by Gasteiger charge is 2.14. The third kappa shape index (κ3) is 1.40. The highest BCUT2D eigenvalue weighted by atomic mass is 15.1. The van der Waals surface area contributed by atoms with Crippen LogP contribution in [-0.2, 0) is 0 Å². The summed E-state index contributed by atoms with van der Waals surface area (Å²) >= 11 is 0. The summed E-state index contributed by atoms with van der Waals surface area (Å²) in [6, 6.07) is 11.6. The van der Waals surface area contributed by atoms with Crippen molar-refractivity contribution >= 4 is 11.6 Å². The molecule has 0 saturated carbocycles. The number of fused-ring (bicyclic) bond motifs is 1. The van der Waals surface area contributed by atoms with Gasteiger partial charge in [0, 0.05) is 18.0 Å². The zero-order valence-corrected chi connectivity index (χ0v) is 9.41. The number of nitriles is 1. The fraction of sp³-hybridized carbons (Fsp3) is 0. The highest BCUT2D eigenvalue weighted by molar-refractivity contribution is 5.74. The van der Waals surface area contributed by atoms with E-state index in [0.717, 1.165) is 5.56 Å². The number of hydrogen-bond donors (Lipinski definition) is 1. The van der Waals surface area contributed by atoms with Gasteiger partial charge in [-0.15, -0.1) is 0 Å². The lowest BCUT2D eigenvalue weighted by atomic mass is 10.1. The fourth-order valence-corrected chi connectivity index (χ4v) is 1.88. The van der Waals surface area contributed by atoms with Crippen molar-refractivity contribution in [1.29, 1.82) is 5.26 Å². The molecule has 5 heteroatoms. The van der Waals surface area contributed by atoms with Crippen molar-refractivity contribution in [2.75, 3.05) is 5.73 Å². The molecule has 86 valence electrons. The average molecular weight is 235 g/mol. The zero-order valence-electron chi connectivity index (χ0n) is 9.41. The number of nitrogens with zero attached hydrogens (tertiary/aromatic N) is 4. The van der Waals surface area contributed by atoms with Crippen LogP contribution in [0.4, 0.5) is 5.82 Å². The van der Waals surface area contributed by atoms with Gasteiger partial charge in [0.2, 0.25) is 5.78 Å². The maximum absolute atomic E-state index is 9.25. The maximum Gasteiger partial charge on any atom is 0.235 e. The van der Waals surface area contributed by atoms with Crippen molar-refractivity contribution in [2.45, 2.75) is 0 Å². The van der Waals surface area contributed by atoms with Gasteiger partial charge in [-0.2, -0.15) is 5.26 Å². The summed E-state index contributed by atoms with van der Waals surface area (Å²) in [5.74, 6) is 0.851. The molecule has 0 fully saturated rings. The van der Waals surface area contributed by atoms with Crippen molar-refractivity contribution in [3.05, 3.63) is 48.3 Å². The first kappa shape index (κ1) is 10.3. The third-order valence-corrected chi connectivity index (χ3v) is 2.74. The number of hydrogen-bond acceptors (Lipinski definition) is 4. The molecule has 0 spiro atoms. The molecule has 0 aliphatic rings. The standard InChI is InChI=1S/C13H9N5/c14-8-10-11(9-4-2-1-3-5-9)17-13-16-6-7-18(13)12(10)15/h1-7H,15H2. The monoisotopic (exact) mass is 235 g/mol. The number of rotatable bonds is 1. The summed E-state index contributed by atoms with van der Waals surface area (Å²) in [6.45, 7) is 0. The molecular formula is C13H9N5. The van der Waals surface area contributed by atoms with Crippen LogP contribution in [0.25, 0.3) is 17.0 Å². The van der Waals surface area contributed by atoms with Gasteiger partial charge < -0.3 is 5.73 Å². The zero-order chi connectivity index (χ0) is 12.5. The number of benzene rings is 1. The molecule has 2 heterocycles. The van der Waals surface area contributed by atoms with E-state index in [1.54, 1.807) is 16.8 Å². The smallest absolute Gasteiger partial charge is 0.235 e. The second-order valence-corrected chi connectivity index (χ2v) is 3.80. The summed E-state index contributed by atoms with van der Waals surface area (Å²) < 4.78 is 1.60. The van der Waals surface area contributed by atoms with Gasteiger partial charge >= 0.3 is 0 Å². The van der Waals surface area contributed by atoms with Crippen LogP contribution in [0.3, 0.4) is 0 Å². The Morgan fingerprint density at radius 2 is 2.00 bits per heavy atom. The van der Waals surface area contributed by atoms with Crippen molar-refractivity contribution in [3.63, 3.8) is 0 Å². The molecule has 3 aromatic rings. The van der Waals surface area contributed by atoms with Crippen LogP contribution in [-0.4, -0.2) is 14.4 Å². The molecule has 2 N–H and O–H groups in total. The average Bonchev–Trinajstić information content (AvgIpc) is 2.88. The van der Waals surface area contributed by atoms with Crippen LogP contribution in [0.1, 0.15) is 5.56 Å². The van der Waals surface area contributed by atoms with E-state index < -0.39 is 0 Å². The molecule has 0 unspecified atom stereocenters. The predicted octanol–water partition coefficient (Wildman–Crippen LogP) is 1.85. The largest absolute Gasteiger partial charge is 0.384 e. The van der Waals surface area contributed by atoms with E-state index in [2.05, 4.69) is 16.0 Å². The molecule has 0 amide bonds. The third-order valence-electron chi connectivity index (χ3n) is 2.74. The van der Waals surface area contributed by atoms with Crippen LogP contribution < -0.4 is 5.73 Å². The quantitative estimate of drug-likeness (QED) is 0.698. The highest BCUT2D eigenvalue weighted by Crippen LogP contribution is 2.25. The number of nitrogens with two attached hydrogens (primary N) is 1. The molecule has 0 atom stereocenters. The lowest BCUT2D eigenvalue weighted by Gasteiger charge is -2.07. The van der Waals surface area contributed by atoms with Crippen LogP contribution in [0.2, 0.25) is 0 Å². The summed E-state index contributed by atoms with van der Waals surface area (Å²) in [4.78, 5) is 8.49. The van der Waals surface area contributed by atoms with Gasteiger partial charge in [0.05, 0.1) is 5.69 Å². The predicted molar refractivity (Wildman–Crippen MR) is 67.6 cm³/mol. The second kappa shape index (κ2) is 3.86. The summed E-state index contributed by atoms with van der Waals surface area (Å²) in [5, 5.41) is 9.25. The molecule has 0 saturated heterocycles. The van der Waals surface area contributed by atoms with E-state index in [9.17, 15) is 5.26 Å². The molecule has 2 aromatic heterocycles. The van der Waals surface area contributed by atoms with E-state index in [1.165, 1.54) is 0 Å². The Bertz CT molecular complexity index is 752. The van der Waals surface area contributed by atoms with Gasteiger partial charge in [-0.1, -0.05) is 30.3 Å².